The minimum atomic E-state index is -4.27. The standard InChI is InChI=1S/C30H38Cl4O8S.C19H18Cl2O4.C17H16ClNO3.C11H16O.C10H8Cl2O3.C9H6Br2O4/c1-5-9-11-19(7-3)17-39-29(35)41-27-23(31)13-21(14-24(27)32)43(37,38)22-15-25(33)28(26(34)16-22)42-30(36)40-18-20(8-4)12-10-6-2;1-3-4-9-24-18(22)14-10-15(20)17(16(21)11-14)25-19(23)13-7-5-12(2)6-8-13;1-2-10-19-16(20)13-8-9-15(14(18)11-13)22-17(21)12-6-4-3-5-7-12;1-4-7-12-11-6-5-9(2)8-10(11)3;1-2-15-10(14)6-3-8(11)7(5-13)9(12)4-6;1-14-9(13)5-2-6(10)8(15-4-12)7(11)3-5/h13-16,19-20H,5-12,17-18H2,1-4H3;5-8,10-11H,3-4,9H2,1-2H3;3-9,11H,2,10H2,1H3,(H,19,20);5-6,8H,4,7H2,1-3H3;3-5H,2H2,1H3;2-4H,1H3. The molecule has 0 aliphatic rings. The second-order valence-electron chi connectivity index (χ2n) is 28.5. The van der Waals surface area contributed by atoms with Crippen molar-refractivity contribution in [2.45, 2.75) is 163 Å². The van der Waals surface area contributed by atoms with Crippen molar-refractivity contribution in [3.63, 3.8) is 0 Å². The Bertz CT molecular complexity index is 5290. The number of esters is 5. The van der Waals surface area contributed by atoms with Gasteiger partial charge in [0.25, 0.3) is 12.4 Å². The normalized spacial score (nSPS) is 10.9. The number of benzene rings is 9. The first-order valence-electron chi connectivity index (χ1n) is 41.6. The fourth-order valence-electron chi connectivity index (χ4n) is 11.1. The van der Waals surface area contributed by atoms with Crippen LogP contribution in [0.3, 0.4) is 0 Å². The number of hydrogen-bond acceptors (Lipinski definition) is 23. The van der Waals surface area contributed by atoms with Crippen molar-refractivity contribution in [3.05, 3.63) is 261 Å². The van der Waals surface area contributed by atoms with Gasteiger partial charge in [-0.2, -0.15) is 0 Å². The molecule has 0 spiro atoms. The van der Waals surface area contributed by atoms with Crippen LogP contribution in [0.25, 0.3) is 0 Å². The summed E-state index contributed by atoms with van der Waals surface area (Å²) in [5.74, 6) is -1.31. The maximum absolute atomic E-state index is 13.4. The van der Waals surface area contributed by atoms with Gasteiger partial charge in [-0.25, -0.2) is 42.0 Å². The lowest BCUT2D eigenvalue weighted by molar-refractivity contribution is -0.120. The Morgan fingerprint density at radius 3 is 1.28 bits per heavy atom. The minimum absolute atomic E-state index is 0.0130. The summed E-state index contributed by atoms with van der Waals surface area (Å²) in [6.07, 6.45) is 9.74. The third-order valence-corrected chi connectivity index (χ3v) is 23.9. The monoisotopic (exact) mass is 2140 g/mol. The Morgan fingerprint density at radius 1 is 0.409 bits per heavy atom. The van der Waals surface area contributed by atoms with Crippen LogP contribution in [0.1, 0.15) is 222 Å². The average Bonchev–Trinajstić information content (AvgIpc) is 0.768. The predicted molar refractivity (Wildman–Crippen MR) is 522 cm³/mol. The molecule has 0 saturated carbocycles. The van der Waals surface area contributed by atoms with Crippen LogP contribution < -0.4 is 33.7 Å². The van der Waals surface area contributed by atoms with E-state index >= 15 is 0 Å². The number of sulfone groups is 1. The third kappa shape index (κ3) is 38.6. The minimum Gasteiger partial charge on any atom is -0.493 e. The van der Waals surface area contributed by atoms with E-state index in [9.17, 15) is 56.4 Å². The van der Waals surface area contributed by atoms with Gasteiger partial charge in [0.1, 0.15) is 11.5 Å². The lowest BCUT2D eigenvalue weighted by atomic mass is 10.0. The molecule has 0 aromatic heterocycles. The smallest absolute Gasteiger partial charge is 0.493 e. The predicted octanol–water partition coefficient (Wildman–Crippen LogP) is 28.4. The first kappa shape index (κ1) is 115. The summed E-state index contributed by atoms with van der Waals surface area (Å²) >= 11 is 61.2. The van der Waals surface area contributed by atoms with E-state index in [0.717, 1.165) is 119 Å². The van der Waals surface area contributed by atoms with E-state index in [-0.39, 0.29) is 132 Å². The van der Waals surface area contributed by atoms with Crippen molar-refractivity contribution in [2.75, 3.05) is 46.7 Å². The van der Waals surface area contributed by atoms with Gasteiger partial charge in [-0.15, -0.1) is 0 Å². The van der Waals surface area contributed by atoms with E-state index in [1.165, 1.54) is 66.8 Å². The van der Waals surface area contributed by atoms with Gasteiger partial charge in [-0.05, 0) is 218 Å². The quantitative estimate of drug-likeness (QED) is 0.00952. The molecule has 2 unspecified atom stereocenters. The zero-order valence-corrected chi connectivity index (χ0v) is 85.2. The first-order chi connectivity index (χ1) is 62.8. The fourth-order valence-corrected chi connectivity index (χ4v) is 16.6. The molecular weight excluding hydrogens is 2050 g/mol. The molecule has 9 aromatic carbocycles. The van der Waals surface area contributed by atoms with Crippen molar-refractivity contribution in [2.24, 2.45) is 11.8 Å². The number of rotatable bonds is 36. The maximum atomic E-state index is 13.4. The van der Waals surface area contributed by atoms with Crippen molar-refractivity contribution >= 4 is 207 Å². The molecule has 0 fully saturated rings. The maximum Gasteiger partial charge on any atom is 0.513 e. The van der Waals surface area contributed by atoms with E-state index in [1.54, 1.807) is 61.5 Å². The largest absolute Gasteiger partial charge is 0.513 e. The summed E-state index contributed by atoms with van der Waals surface area (Å²) in [5, 5.41) is 2.46. The van der Waals surface area contributed by atoms with Crippen LogP contribution in [-0.4, -0.2) is 116 Å². The highest BCUT2D eigenvalue weighted by Gasteiger charge is 2.28. The molecular formula is C96H102Br2Cl9NO23S. The number of ether oxygens (including phenoxy) is 11. The van der Waals surface area contributed by atoms with Crippen LogP contribution >= 0.6 is 136 Å². The zero-order chi connectivity index (χ0) is 98.3. The summed E-state index contributed by atoms with van der Waals surface area (Å²) in [5.41, 5.74) is 5.75. The molecule has 2 atom stereocenters. The number of hydrogen-bond donors (Lipinski definition) is 1. The highest BCUT2D eigenvalue weighted by Crippen LogP contribution is 2.43. The van der Waals surface area contributed by atoms with E-state index in [0.29, 0.717) is 62.9 Å². The van der Waals surface area contributed by atoms with Gasteiger partial charge >= 0.3 is 42.2 Å². The lowest BCUT2D eigenvalue weighted by Gasteiger charge is -2.16. The van der Waals surface area contributed by atoms with E-state index in [4.69, 9.17) is 152 Å². The number of unbranched alkanes of at least 4 members (excludes halogenated alkanes) is 3. The van der Waals surface area contributed by atoms with Crippen LogP contribution in [0, 0.1) is 32.6 Å². The van der Waals surface area contributed by atoms with Crippen LogP contribution in [0.15, 0.2) is 170 Å². The summed E-state index contributed by atoms with van der Waals surface area (Å²) < 4.78 is 83.8. The number of amides is 1. The van der Waals surface area contributed by atoms with Gasteiger partial charge in [-0.3, -0.25) is 14.4 Å². The molecule has 0 aliphatic carbocycles. The van der Waals surface area contributed by atoms with E-state index in [2.05, 4.69) is 88.7 Å². The Morgan fingerprint density at radius 2 is 0.841 bits per heavy atom. The van der Waals surface area contributed by atoms with Gasteiger partial charge in [-0.1, -0.05) is 251 Å². The molecule has 0 heterocycles. The van der Waals surface area contributed by atoms with E-state index < -0.39 is 52.0 Å². The number of aryl methyl sites for hydroxylation is 3. The average molecular weight is 2150 g/mol. The second kappa shape index (κ2) is 60.9. The SMILES string of the molecule is CCCCC(CC)COC(=O)Oc1c(Cl)cc(S(=O)(=O)c2cc(Cl)c(OC(=O)OCC(CC)CCCC)c(Cl)c2)cc1Cl.CCCCOC(=O)c1cc(Cl)c(OC(=O)c2ccc(C)cc2)c(Cl)c1.CCCNC(=O)c1ccc(OC(=O)c2ccccc2)c(Cl)c1.CCCOc1ccc(C)cc1C.CCOC(=O)c1cc(Cl)c(C=O)c(Cl)c1.COC(=O)c1cc(Br)c(OC=O)c(Br)c1. The molecule has 0 aliphatic heterocycles. The van der Waals surface area contributed by atoms with Gasteiger partial charge in [0, 0.05) is 12.1 Å². The number of carbonyl (C=O) groups excluding carboxylic acids is 10. The van der Waals surface area contributed by atoms with E-state index in [1.807, 2.05) is 46.8 Å². The van der Waals surface area contributed by atoms with Crippen molar-refractivity contribution in [1.82, 2.24) is 5.32 Å². The number of nitrogens with one attached hydrogen (secondary N) is 1. The van der Waals surface area contributed by atoms with Crippen molar-refractivity contribution in [1.29, 1.82) is 0 Å². The van der Waals surface area contributed by atoms with Crippen molar-refractivity contribution < 1.29 is 108 Å². The molecule has 0 saturated heterocycles. The molecule has 9 aromatic rings. The van der Waals surface area contributed by atoms with Crippen LogP contribution in [0.2, 0.25) is 45.2 Å². The molecule has 1 N–H and O–H groups in total. The molecule has 712 valence electrons. The number of aldehydes is 1. The van der Waals surface area contributed by atoms with Gasteiger partial charge in [0.05, 0.1) is 137 Å². The molecule has 132 heavy (non-hydrogen) atoms. The number of methoxy groups -OCH3 is 1. The fraction of sp³-hybridized carbons (Fsp3) is 0.333. The van der Waals surface area contributed by atoms with Crippen LogP contribution in [-0.2, 0) is 38.3 Å². The summed E-state index contributed by atoms with van der Waals surface area (Å²) in [6, 6.07) is 39.2. The van der Waals surface area contributed by atoms with Crippen LogP contribution in [0.4, 0.5) is 9.59 Å². The molecule has 9 rings (SSSR count). The third-order valence-electron chi connectivity index (χ3n) is 18.4. The molecule has 0 bridgehead atoms. The second-order valence-corrected chi connectivity index (χ2v) is 35.9. The van der Waals surface area contributed by atoms with Gasteiger partial charge in [0.15, 0.2) is 29.3 Å². The zero-order valence-electron chi connectivity index (χ0n) is 74.4. The summed E-state index contributed by atoms with van der Waals surface area (Å²) in [4.78, 5) is 115. The van der Waals surface area contributed by atoms with Crippen LogP contribution in [0.5, 0.6) is 34.5 Å². The summed E-state index contributed by atoms with van der Waals surface area (Å²) in [7, 11) is -2.98. The topological polar surface area (TPSA) is 318 Å². The first-order valence-corrected chi connectivity index (χ1v) is 48.0. The molecule has 24 nitrogen and oxygen atoms in total. The number of carbonyl (C=O) groups is 10. The molecule has 1 amide bonds. The molecule has 0 radical (unpaired) electrons. The Kier molecular flexibility index (Phi) is 53.1. The van der Waals surface area contributed by atoms with Gasteiger partial charge < -0.3 is 57.4 Å². The highest BCUT2D eigenvalue weighted by atomic mass is 79.9. The highest BCUT2D eigenvalue weighted by molar-refractivity contribution is 9.11. The van der Waals surface area contributed by atoms with Gasteiger partial charge in [0.2, 0.25) is 9.84 Å². The lowest BCUT2D eigenvalue weighted by Crippen LogP contribution is -2.23. The Hall–Kier alpha value is -9.20. The van der Waals surface area contributed by atoms with Crippen molar-refractivity contribution in [3.8, 4) is 34.5 Å². The Labute approximate surface area is 831 Å². The Balaban J connectivity index is 0.000000352. The molecule has 36 heteroatoms. The number of halogens is 11. The summed E-state index contributed by atoms with van der Waals surface area (Å²) in [6.45, 7) is 24.7.